The van der Waals surface area contributed by atoms with Gasteiger partial charge in [0.25, 0.3) is 0 Å². The number of aryl methyl sites for hydroxylation is 1. The third-order valence-electron chi connectivity index (χ3n) is 2.14. The Hall–Kier alpha value is -1.22. The Morgan fingerprint density at radius 2 is 1.93 bits per heavy atom. The molecule has 0 unspecified atom stereocenters. The second-order valence-electron chi connectivity index (χ2n) is 3.44. The molecule has 0 saturated heterocycles. The van der Waals surface area contributed by atoms with Crippen molar-refractivity contribution >= 4 is 0 Å². The maximum absolute atomic E-state index is 9.56. The summed E-state index contributed by atoms with van der Waals surface area (Å²) < 4.78 is 0. The van der Waals surface area contributed by atoms with Crippen molar-refractivity contribution in [2.75, 3.05) is 6.54 Å². The number of benzene rings is 1. The quantitative estimate of drug-likeness (QED) is 0.508. The average molecular weight is 195 g/mol. The topological polar surface area (TPSA) is 52.5 Å². The van der Waals surface area contributed by atoms with Crippen LogP contribution in [-0.4, -0.2) is 16.8 Å². The molecule has 0 aromatic heterocycles. The van der Waals surface area contributed by atoms with Crippen LogP contribution >= 0.6 is 0 Å². The normalized spacial score (nSPS) is 10.4. The lowest BCUT2D eigenvalue weighted by Gasteiger charge is -2.08. The first-order valence-corrected chi connectivity index (χ1v) is 4.87. The number of phenols is 2. The molecule has 0 amide bonds. The van der Waals surface area contributed by atoms with Crippen molar-refractivity contribution in [3.05, 3.63) is 23.3 Å². The molecule has 0 aliphatic carbocycles. The van der Waals surface area contributed by atoms with Crippen molar-refractivity contribution in [3.63, 3.8) is 0 Å². The maximum atomic E-state index is 9.56. The minimum absolute atomic E-state index is 0.232. The zero-order valence-electron chi connectivity index (χ0n) is 8.67. The van der Waals surface area contributed by atoms with Crippen LogP contribution in [-0.2, 0) is 6.54 Å². The van der Waals surface area contributed by atoms with Crippen molar-refractivity contribution in [1.29, 1.82) is 0 Å². The fourth-order valence-corrected chi connectivity index (χ4v) is 1.27. The van der Waals surface area contributed by atoms with E-state index in [0.717, 1.165) is 18.5 Å². The number of hydrogen-bond donors (Lipinski definition) is 3. The van der Waals surface area contributed by atoms with Gasteiger partial charge in [0.2, 0.25) is 0 Å². The largest absolute Gasteiger partial charge is 0.508 e. The number of aromatic hydroxyl groups is 2. The van der Waals surface area contributed by atoms with Crippen LogP contribution in [0.2, 0.25) is 0 Å². The Bertz CT molecular complexity index is 310. The molecule has 1 aromatic carbocycles. The lowest BCUT2D eigenvalue weighted by atomic mass is 10.1. The van der Waals surface area contributed by atoms with Crippen LogP contribution in [0.15, 0.2) is 12.1 Å². The highest BCUT2D eigenvalue weighted by Gasteiger charge is 2.04. The van der Waals surface area contributed by atoms with Gasteiger partial charge >= 0.3 is 0 Å². The summed E-state index contributed by atoms with van der Waals surface area (Å²) in [4.78, 5) is 0. The molecular formula is C11H17NO2. The van der Waals surface area contributed by atoms with E-state index < -0.39 is 0 Å². The lowest BCUT2D eigenvalue weighted by molar-refractivity contribution is 0.448. The summed E-state index contributed by atoms with van der Waals surface area (Å²) in [5, 5.41) is 22.2. The standard InChI is InChI=1S/C11H17NO2/c1-3-4-12-7-9-6-10(13)8(2)5-11(9)14/h5-6,12-14H,3-4,7H2,1-2H3. The van der Waals surface area contributed by atoms with Gasteiger partial charge in [0, 0.05) is 12.1 Å². The van der Waals surface area contributed by atoms with E-state index in [1.165, 1.54) is 0 Å². The van der Waals surface area contributed by atoms with Crippen molar-refractivity contribution in [2.24, 2.45) is 0 Å². The van der Waals surface area contributed by atoms with Gasteiger partial charge in [-0.1, -0.05) is 6.92 Å². The van der Waals surface area contributed by atoms with Crippen LogP contribution in [0.1, 0.15) is 24.5 Å². The SMILES string of the molecule is CCCNCc1cc(O)c(C)cc1O. The molecule has 0 bridgehead atoms. The lowest BCUT2D eigenvalue weighted by Crippen LogP contribution is -2.13. The number of phenolic OH excluding ortho intramolecular Hbond substituents is 2. The molecule has 0 aliphatic heterocycles. The van der Waals surface area contributed by atoms with E-state index in [-0.39, 0.29) is 11.5 Å². The van der Waals surface area contributed by atoms with E-state index in [9.17, 15) is 10.2 Å². The van der Waals surface area contributed by atoms with Crippen LogP contribution in [0.5, 0.6) is 11.5 Å². The Balaban J connectivity index is 2.72. The molecule has 0 saturated carbocycles. The summed E-state index contributed by atoms with van der Waals surface area (Å²) in [5.74, 6) is 0.472. The molecule has 1 rings (SSSR count). The minimum Gasteiger partial charge on any atom is -0.508 e. The predicted molar refractivity (Wildman–Crippen MR) is 56.5 cm³/mol. The Kier molecular flexibility index (Phi) is 3.77. The van der Waals surface area contributed by atoms with E-state index in [4.69, 9.17) is 0 Å². The van der Waals surface area contributed by atoms with E-state index in [1.54, 1.807) is 19.1 Å². The summed E-state index contributed by atoms with van der Waals surface area (Å²) in [7, 11) is 0. The number of nitrogens with one attached hydrogen (secondary N) is 1. The van der Waals surface area contributed by atoms with Gasteiger partial charge in [-0.2, -0.15) is 0 Å². The molecular weight excluding hydrogens is 178 g/mol. The Labute approximate surface area is 84.4 Å². The van der Waals surface area contributed by atoms with Gasteiger partial charge in [-0.05, 0) is 37.6 Å². The van der Waals surface area contributed by atoms with Crippen LogP contribution in [0.4, 0.5) is 0 Å². The van der Waals surface area contributed by atoms with Crippen molar-refractivity contribution < 1.29 is 10.2 Å². The van der Waals surface area contributed by atoms with Gasteiger partial charge in [0.1, 0.15) is 11.5 Å². The third kappa shape index (κ3) is 2.64. The van der Waals surface area contributed by atoms with Gasteiger partial charge in [-0.15, -0.1) is 0 Å². The first kappa shape index (κ1) is 10.9. The fourth-order valence-electron chi connectivity index (χ4n) is 1.27. The molecule has 0 atom stereocenters. The first-order valence-electron chi connectivity index (χ1n) is 4.87. The van der Waals surface area contributed by atoms with Crippen LogP contribution in [0.3, 0.4) is 0 Å². The van der Waals surface area contributed by atoms with E-state index >= 15 is 0 Å². The highest BCUT2D eigenvalue weighted by atomic mass is 16.3. The van der Waals surface area contributed by atoms with Gasteiger partial charge in [-0.25, -0.2) is 0 Å². The van der Waals surface area contributed by atoms with Crippen LogP contribution < -0.4 is 5.32 Å². The second kappa shape index (κ2) is 4.86. The van der Waals surface area contributed by atoms with Gasteiger partial charge in [0.15, 0.2) is 0 Å². The molecule has 3 nitrogen and oxygen atoms in total. The molecule has 14 heavy (non-hydrogen) atoms. The molecule has 0 radical (unpaired) electrons. The van der Waals surface area contributed by atoms with Gasteiger partial charge in [0.05, 0.1) is 0 Å². The minimum atomic E-state index is 0.232. The van der Waals surface area contributed by atoms with Crippen molar-refractivity contribution in [1.82, 2.24) is 5.32 Å². The van der Waals surface area contributed by atoms with Crippen molar-refractivity contribution in [2.45, 2.75) is 26.8 Å². The second-order valence-corrected chi connectivity index (χ2v) is 3.44. The summed E-state index contributed by atoms with van der Waals surface area (Å²) in [6.07, 6.45) is 1.05. The summed E-state index contributed by atoms with van der Waals surface area (Å²) >= 11 is 0. The zero-order chi connectivity index (χ0) is 10.6. The molecule has 78 valence electrons. The maximum Gasteiger partial charge on any atom is 0.120 e. The Morgan fingerprint density at radius 3 is 2.57 bits per heavy atom. The first-order chi connectivity index (χ1) is 6.65. The summed E-state index contributed by atoms with van der Waals surface area (Å²) in [5.41, 5.74) is 1.43. The molecule has 1 aromatic rings. The molecule has 0 aliphatic rings. The van der Waals surface area contributed by atoms with Crippen LogP contribution in [0.25, 0.3) is 0 Å². The summed E-state index contributed by atoms with van der Waals surface area (Å²) in [6, 6.07) is 3.19. The van der Waals surface area contributed by atoms with Gasteiger partial charge in [-0.3, -0.25) is 0 Å². The van der Waals surface area contributed by atoms with Crippen molar-refractivity contribution in [3.8, 4) is 11.5 Å². The molecule has 3 heteroatoms. The third-order valence-corrected chi connectivity index (χ3v) is 2.14. The summed E-state index contributed by atoms with van der Waals surface area (Å²) in [6.45, 7) is 5.35. The zero-order valence-corrected chi connectivity index (χ0v) is 8.67. The van der Waals surface area contributed by atoms with Gasteiger partial charge < -0.3 is 15.5 Å². The highest BCUT2D eigenvalue weighted by molar-refractivity contribution is 5.44. The van der Waals surface area contributed by atoms with E-state index in [0.29, 0.717) is 12.1 Å². The van der Waals surface area contributed by atoms with E-state index in [2.05, 4.69) is 12.2 Å². The molecule has 0 spiro atoms. The smallest absolute Gasteiger partial charge is 0.120 e. The molecule has 0 fully saturated rings. The number of rotatable bonds is 4. The predicted octanol–water partition coefficient (Wildman–Crippen LogP) is 1.91. The number of hydrogen-bond acceptors (Lipinski definition) is 3. The van der Waals surface area contributed by atoms with E-state index in [1.807, 2.05) is 0 Å². The Morgan fingerprint density at radius 1 is 1.21 bits per heavy atom. The fraction of sp³-hybridized carbons (Fsp3) is 0.455. The molecule has 3 N–H and O–H groups in total. The molecule has 0 heterocycles. The highest BCUT2D eigenvalue weighted by Crippen LogP contribution is 2.26. The van der Waals surface area contributed by atoms with Crippen LogP contribution in [0, 0.1) is 6.92 Å². The monoisotopic (exact) mass is 195 g/mol. The average Bonchev–Trinajstić information content (AvgIpc) is 2.14.